The number of rotatable bonds is 1. The predicted octanol–water partition coefficient (Wildman–Crippen LogP) is -0.208. The lowest BCUT2D eigenvalue weighted by atomic mass is 9.82. The number of hydrogen-bond acceptors (Lipinski definition) is 4. The molecule has 3 N–H and O–H groups in total. The molecule has 0 aromatic rings. The number of methoxy groups -OCH3 is 1. The fourth-order valence-corrected chi connectivity index (χ4v) is 1.51. The Bertz CT molecular complexity index is 173. The van der Waals surface area contributed by atoms with Crippen molar-refractivity contribution in [3.8, 4) is 0 Å². The zero-order chi connectivity index (χ0) is 9.19. The lowest BCUT2D eigenvalue weighted by molar-refractivity contribution is -0.165. The first-order chi connectivity index (χ1) is 5.58. The van der Waals surface area contributed by atoms with Crippen molar-refractivity contribution >= 4 is 5.97 Å². The van der Waals surface area contributed by atoms with Gasteiger partial charge in [0.25, 0.3) is 0 Å². The van der Waals surface area contributed by atoms with Gasteiger partial charge in [-0.15, -0.1) is 0 Å². The molecule has 1 aliphatic carbocycles. The highest BCUT2D eigenvalue weighted by molar-refractivity contribution is 5.79. The van der Waals surface area contributed by atoms with E-state index in [2.05, 4.69) is 4.74 Å². The molecule has 0 aliphatic heterocycles. The zero-order valence-corrected chi connectivity index (χ0v) is 7.25. The van der Waals surface area contributed by atoms with Gasteiger partial charge in [-0.3, -0.25) is 0 Å². The third-order valence-corrected chi connectivity index (χ3v) is 2.42. The number of aliphatic hydroxyl groups is 1. The fourth-order valence-electron chi connectivity index (χ4n) is 1.51. The Morgan fingerprint density at radius 1 is 1.58 bits per heavy atom. The van der Waals surface area contributed by atoms with Gasteiger partial charge in [-0.05, 0) is 25.7 Å². The van der Waals surface area contributed by atoms with Crippen LogP contribution >= 0.6 is 0 Å². The van der Waals surface area contributed by atoms with E-state index < -0.39 is 11.6 Å². The maximum atomic E-state index is 11.1. The summed E-state index contributed by atoms with van der Waals surface area (Å²) in [6.45, 7) is 0. The van der Waals surface area contributed by atoms with E-state index in [0.29, 0.717) is 25.7 Å². The van der Waals surface area contributed by atoms with Crippen molar-refractivity contribution in [3.63, 3.8) is 0 Å². The van der Waals surface area contributed by atoms with Gasteiger partial charge in [0, 0.05) is 6.04 Å². The summed E-state index contributed by atoms with van der Waals surface area (Å²) in [6.07, 6.45) is 2.21. The lowest BCUT2D eigenvalue weighted by Crippen LogP contribution is -2.45. The molecule has 4 heteroatoms. The van der Waals surface area contributed by atoms with Gasteiger partial charge in [-0.2, -0.15) is 0 Å². The summed E-state index contributed by atoms with van der Waals surface area (Å²) in [4.78, 5) is 11.1. The van der Waals surface area contributed by atoms with E-state index in [1.54, 1.807) is 0 Å². The first kappa shape index (κ1) is 9.48. The second kappa shape index (κ2) is 3.41. The molecular weight excluding hydrogens is 158 g/mol. The highest BCUT2D eigenvalue weighted by Crippen LogP contribution is 2.28. The molecule has 0 heterocycles. The predicted molar refractivity (Wildman–Crippen MR) is 43.4 cm³/mol. The number of ether oxygens (including phenoxy) is 1. The van der Waals surface area contributed by atoms with E-state index in [0.717, 1.165) is 0 Å². The maximum absolute atomic E-state index is 11.1. The normalized spacial score (nSPS) is 36.1. The van der Waals surface area contributed by atoms with E-state index in [9.17, 15) is 9.90 Å². The molecule has 12 heavy (non-hydrogen) atoms. The molecule has 0 saturated heterocycles. The summed E-state index contributed by atoms with van der Waals surface area (Å²) in [5.74, 6) is -0.533. The van der Waals surface area contributed by atoms with Crippen LogP contribution in [0.3, 0.4) is 0 Å². The molecule has 0 bridgehead atoms. The monoisotopic (exact) mass is 173 g/mol. The third kappa shape index (κ3) is 1.76. The van der Waals surface area contributed by atoms with Gasteiger partial charge < -0.3 is 15.6 Å². The molecule has 0 aromatic heterocycles. The van der Waals surface area contributed by atoms with Gasteiger partial charge in [0.1, 0.15) is 0 Å². The highest BCUT2D eigenvalue weighted by Gasteiger charge is 2.39. The SMILES string of the molecule is COC(=O)C1(O)CCC(N)CC1. The minimum Gasteiger partial charge on any atom is -0.467 e. The highest BCUT2D eigenvalue weighted by atomic mass is 16.5. The van der Waals surface area contributed by atoms with E-state index in [1.807, 2.05) is 0 Å². The number of hydrogen-bond donors (Lipinski definition) is 2. The maximum Gasteiger partial charge on any atom is 0.337 e. The molecule has 0 aromatic carbocycles. The summed E-state index contributed by atoms with van der Waals surface area (Å²) in [7, 11) is 1.29. The van der Waals surface area contributed by atoms with Gasteiger partial charge in [-0.1, -0.05) is 0 Å². The second-order valence-corrected chi connectivity index (χ2v) is 3.36. The molecule has 1 aliphatic rings. The van der Waals surface area contributed by atoms with Crippen molar-refractivity contribution in [1.29, 1.82) is 0 Å². The average Bonchev–Trinajstić information content (AvgIpc) is 2.09. The Balaban J connectivity index is 2.55. The Hall–Kier alpha value is -0.610. The molecule has 0 unspecified atom stereocenters. The first-order valence-corrected chi connectivity index (χ1v) is 4.15. The van der Waals surface area contributed by atoms with Crippen LogP contribution in [0.4, 0.5) is 0 Å². The van der Waals surface area contributed by atoms with Crippen molar-refractivity contribution in [2.24, 2.45) is 5.73 Å². The van der Waals surface area contributed by atoms with E-state index in [1.165, 1.54) is 7.11 Å². The molecule has 0 atom stereocenters. The van der Waals surface area contributed by atoms with Gasteiger partial charge in [0.2, 0.25) is 0 Å². The second-order valence-electron chi connectivity index (χ2n) is 3.36. The van der Waals surface area contributed by atoms with Crippen LogP contribution in [0.2, 0.25) is 0 Å². The standard InChI is InChI=1S/C8H15NO3/c1-12-7(10)8(11)4-2-6(9)3-5-8/h6,11H,2-5,9H2,1H3. The molecule has 1 fully saturated rings. The molecule has 0 spiro atoms. The fraction of sp³-hybridized carbons (Fsp3) is 0.875. The molecule has 1 rings (SSSR count). The minimum atomic E-state index is -1.27. The van der Waals surface area contributed by atoms with Crippen molar-refractivity contribution < 1.29 is 14.6 Å². The summed E-state index contributed by atoms with van der Waals surface area (Å²) in [6, 6.07) is 0.120. The Morgan fingerprint density at radius 3 is 2.50 bits per heavy atom. The Labute approximate surface area is 71.7 Å². The molecule has 0 radical (unpaired) electrons. The largest absolute Gasteiger partial charge is 0.467 e. The average molecular weight is 173 g/mol. The zero-order valence-electron chi connectivity index (χ0n) is 7.25. The van der Waals surface area contributed by atoms with Crippen molar-refractivity contribution in [1.82, 2.24) is 0 Å². The summed E-state index contributed by atoms with van der Waals surface area (Å²) in [5.41, 5.74) is 4.36. The number of nitrogens with two attached hydrogens (primary N) is 1. The minimum absolute atomic E-state index is 0.120. The van der Waals surface area contributed by atoms with Crippen LogP contribution < -0.4 is 5.73 Å². The van der Waals surface area contributed by atoms with E-state index in [-0.39, 0.29) is 6.04 Å². The van der Waals surface area contributed by atoms with Crippen LogP contribution in [0.15, 0.2) is 0 Å². The van der Waals surface area contributed by atoms with Crippen LogP contribution in [0, 0.1) is 0 Å². The number of carbonyl (C=O) groups is 1. The molecule has 1 saturated carbocycles. The Kier molecular flexibility index (Phi) is 2.69. The smallest absolute Gasteiger partial charge is 0.337 e. The van der Waals surface area contributed by atoms with Crippen LogP contribution in [0.5, 0.6) is 0 Å². The Morgan fingerprint density at radius 2 is 2.08 bits per heavy atom. The summed E-state index contributed by atoms with van der Waals surface area (Å²) >= 11 is 0. The van der Waals surface area contributed by atoms with Gasteiger partial charge >= 0.3 is 5.97 Å². The number of esters is 1. The van der Waals surface area contributed by atoms with Gasteiger partial charge in [0.05, 0.1) is 7.11 Å². The van der Waals surface area contributed by atoms with Crippen LogP contribution in [-0.4, -0.2) is 29.8 Å². The van der Waals surface area contributed by atoms with Crippen LogP contribution in [0.25, 0.3) is 0 Å². The van der Waals surface area contributed by atoms with E-state index >= 15 is 0 Å². The summed E-state index contributed by atoms with van der Waals surface area (Å²) < 4.78 is 4.50. The lowest BCUT2D eigenvalue weighted by Gasteiger charge is -2.31. The molecule has 70 valence electrons. The molecule has 4 nitrogen and oxygen atoms in total. The molecular formula is C8H15NO3. The van der Waals surface area contributed by atoms with Crippen molar-refractivity contribution in [2.45, 2.75) is 37.3 Å². The number of carbonyl (C=O) groups excluding carboxylic acids is 1. The molecule has 0 amide bonds. The topological polar surface area (TPSA) is 72.5 Å². The van der Waals surface area contributed by atoms with Crippen molar-refractivity contribution in [3.05, 3.63) is 0 Å². The summed E-state index contributed by atoms with van der Waals surface area (Å²) in [5, 5.41) is 9.73. The van der Waals surface area contributed by atoms with Crippen LogP contribution in [-0.2, 0) is 9.53 Å². The van der Waals surface area contributed by atoms with E-state index in [4.69, 9.17) is 5.73 Å². The van der Waals surface area contributed by atoms with Gasteiger partial charge in [-0.25, -0.2) is 4.79 Å². The van der Waals surface area contributed by atoms with Crippen molar-refractivity contribution in [2.75, 3.05) is 7.11 Å². The van der Waals surface area contributed by atoms with Gasteiger partial charge in [0.15, 0.2) is 5.60 Å². The third-order valence-electron chi connectivity index (χ3n) is 2.42. The van der Waals surface area contributed by atoms with Crippen LogP contribution in [0.1, 0.15) is 25.7 Å². The first-order valence-electron chi connectivity index (χ1n) is 4.15. The quantitative estimate of drug-likeness (QED) is 0.538.